The van der Waals surface area contributed by atoms with Crippen LogP contribution in [0.15, 0.2) is 41.8 Å². The van der Waals surface area contributed by atoms with Gasteiger partial charge in [0.05, 0.1) is 25.0 Å². The highest BCUT2D eigenvalue weighted by atomic mass is 32.1. The number of anilines is 1. The molecule has 2 aromatic rings. The van der Waals surface area contributed by atoms with Crippen molar-refractivity contribution in [2.45, 2.75) is 18.9 Å². The molecule has 3 amide bonds. The van der Waals surface area contributed by atoms with Crippen molar-refractivity contribution in [3.05, 3.63) is 52.2 Å². The molecule has 0 aliphatic heterocycles. The van der Waals surface area contributed by atoms with Crippen LogP contribution in [0.25, 0.3) is 0 Å². The van der Waals surface area contributed by atoms with Crippen LogP contribution in [0.3, 0.4) is 0 Å². The molecule has 4 N–H and O–H groups in total. The first-order chi connectivity index (χ1) is 11.1. The van der Waals surface area contributed by atoms with Gasteiger partial charge < -0.3 is 16.4 Å². The summed E-state index contributed by atoms with van der Waals surface area (Å²) in [4.78, 5) is 24.1. The Bertz CT molecular complexity index is 705. The van der Waals surface area contributed by atoms with Gasteiger partial charge in [-0.2, -0.15) is 5.26 Å². The molecule has 1 atom stereocenters. The van der Waals surface area contributed by atoms with Gasteiger partial charge in [0.25, 0.3) is 0 Å². The number of benzene rings is 1. The number of carbonyl (C=O) groups is 2. The Hall–Kier alpha value is -2.85. The maximum absolute atomic E-state index is 12.2. The molecule has 1 heterocycles. The van der Waals surface area contributed by atoms with Crippen molar-refractivity contribution >= 4 is 29.0 Å². The molecule has 0 saturated carbocycles. The van der Waals surface area contributed by atoms with Crippen LogP contribution in [-0.4, -0.2) is 11.9 Å². The van der Waals surface area contributed by atoms with Crippen LogP contribution in [0, 0.1) is 11.3 Å². The molecule has 2 rings (SSSR count). The lowest BCUT2D eigenvalue weighted by Gasteiger charge is -2.16. The smallest absolute Gasteiger partial charge is 0.312 e. The highest BCUT2D eigenvalue weighted by Gasteiger charge is 2.18. The quantitative estimate of drug-likeness (QED) is 0.758. The van der Waals surface area contributed by atoms with Crippen LogP contribution in [0.1, 0.15) is 22.9 Å². The van der Waals surface area contributed by atoms with E-state index in [4.69, 9.17) is 11.0 Å². The number of hydrogen-bond acceptors (Lipinski definition) is 4. The average Bonchev–Trinajstić information content (AvgIpc) is 3.02. The second-order valence-electron chi connectivity index (χ2n) is 4.86. The topological polar surface area (TPSA) is 108 Å². The number of nitrogens with two attached hydrogens (primary N) is 1. The van der Waals surface area contributed by atoms with Crippen LogP contribution in [0.5, 0.6) is 0 Å². The highest BCUT2D eigenvalue weighted by Crippen LogP contribution is 2.22. The maximum atomic E-state index is 12.2. The summed E-state index contributed by atoms with van der Waals surface area (Å²) in [5, 5.41) is 15.8. The van der Waals surface area contributed by atoms with E-state index in [0.717, 1.165) is 10.4 Å². The Morgan fingerprint density at radius 3 is 2.57 bits per heavy atom. The lowest BCUT2D eigenvalue weighted by molar-refractivity contribution is -0.116. The zero-order chi connectivity index (χ0) is 16.7. The van der Waals surface area contributed by atoms with E-state index in [2.05, 4.69) is 16.7 Å². The third-order valence-corrected chi connectivity index (χ3v) is 4.10. The SMILES string of the molecule is N#CCc1ccc(NC(=O)CC(NC(N)=O)c2cccs2)cc1. The van der Waals surface area contributed by atoms with Gasteiger partial charge in [-0.1, -0.05) is 18.2 Å². The van der Waals surface area contributed by atoms with Crippen molar-refractivity contribution in [1.82, 2.24) is 5.32 Å². The molecule has 1 aromatic heterocycles. The van der Waals surface area contributed by atoms with Crippen LogP contribution in [0.4, 0.5) is 10.5 Å². The molecule has 0 radical (unpaired) electrons. The first-order valence-electron chi connectivity index (χ1n) is 6.93. The molecule has 0 fully saturated rings. The number of primary amides is 1. The van der Waals surface area contributed by atoms with Crippen LogP contribution in [-0.2, 0) is 11.2 Å². The lowest BCUT2D eigenvalue weighted by atomic mass is 10.1. The Balaban J connectivity index is 1.98. The number of urea groups is 1. The molecule has 1 aromatic carbocycles. The van der Waals surface area contributed by atoms with Crippen molar-refractivity contribution in [3.63, 3.8) is 0 Å². The van der Waals surface area contributed by atoms with E-state index in [1.165, 1.54) is 11.3 Å². The summed E-state index contributed by atoms with van der Waals surface area (Å²) in [5.41, 5.74) is 6.70. The fourth-order valence-electron chi connectivity index (χ4n) is 2.08. The zero-order valence-corrected chi connectivity index (χ0v) is 13.1. The summed E-state index contributed by atoms with van der Waals surface area (Å²) in [6.45, 7) is 0. The van der Waals surface area contributed by atoms with E-state index in [1.54, 1.807) is 24.3 Å². The molecule has 118 valence electrons. The van der Waals surface area contributed by atoms with Crippen molar-refractivity contribution in [3.8, 4) is 6.07 Å². The van der Waals surface area contributed by atoms with Gasteiger partial charge in [0, 0.05) is 10.6 Å². The maximum Gasteiger partial charge on any atom is 0.312 e. The van der Waals surface area contributed by atoms with E-state index >= 15 is 0 Å². The number of thiophene rings is 1. The second kappa shape index (κ2) is 7.96. The van der Waals surface area contributed by atoms with Gasteiger partial charge in [0.1, 0.15) is 0 Å². The zero-order valence-electron chi connectivity index (χ0n) is 12.3. The monoisotopic (exact) mass is 328 g/mol. The molecule has 0 saturated heterocycles. The van der Waals surface area contributed by atoms with Crippen LogP contribution in [0.2, 0.25) is 0 Å². The standard InChI is InChI=1S/C16H16N4O2S/c17-8-7-11-3-5-12(6-4-11)19-15(21)10-13(20-16(18)22)14-2-1-9-23-14/h1-6,9,13H,7,10H2,(H,19,21)(H3,18,20,22). The molecule has 0 aliphatic carbocycles. The summed E-state index contributed by atoms with van der Waals surface area (Å²) in [5.74, 6) is -0.231. The largest absolute Gasteiger partial charge is 0.352 e. The third kappa shape index (κ3) is 5.13. The number of amides is 3. The van der Waals surface area contributed by atoms with Crippen molar-refractivity contribution < 1.29 is 9.59 Å². The minimum absolute atomic E-state index is 0.0867. The van der Waals surface area contributed by atoms with Crippen molar-refractivity contribution in [2.24, 2.45) is 5.73 Å². The summed E-state index contributed by atoms with van der Waals surface area (Å²) < 4.78 is 0. The van der Waals surface area contributed by atoms with E-state index in [9.17, 15) is 9.59 Å². The number of nitrogens with zero attached hydrogens (tertiary/aromatic N) is 1. The highest BCUT2D eigenvalue weighted by molar-refractivity contribution is 7.10. The first-order valence-corrected chi connectivity index (χ1v) is 7.81. The molecular formula is C16H16N4O2S. The van der Waals surface area contributed by atoms with E-state index in [-0.39, 0.29) is 12.3 Å². The van der Waals surface area contributed by atoms with Crippen molar-refractivity contribution in [1.29, 1.82) is 5.26 Å². The third-order valence-electron chi connectivity index (χ3n) is 3.11. The number of carbonyl (C=O) groups excluding carboxylic acids is 2. The first kappa shape index (κ1) is 16.5. The van der Waals surface area contributed by atoms with Gasteiger partial charge in [0.15, 0.2) is 0 Å². The van der Waals surface area contributed by atoms with E-state index in [1.807, 2.05) is 17.5 Å². The molecule has 6 nitrogen and oxygen atoms in total. The van der Waals surface area contributed by atoms with Crippen LogP contribution < -0.4 is 16.4 Å². The normalized spacial score (nSPS) is 11.3. The number of nitriles is 1. The fourth-order valence-corrected chi connectivity index (χ4v) is 2.86. The van der Waals surface area contributed by atoms with Gasteiger partial charge in [0.2, 0.25) is 5.91 Å². The van der Waals surface area contributed by atoms with E-state index in [0.29, 0.717) is 12.1 Å². The summed E-state index contributed by atoms with van der Waals surface area (Å²) in [6, 6.07) is 11.7. The number of nitrogens with one attached hydrogen (secondary N) is 2. The summed E-state index contributed by atoms with van der Waals surface area (Å²) in [6.07, 6.45) is 0.417. The Morgan fingerprint density at radius 2 is 2.00 bits per heavy atom. The van der Waals surface area contributed by atoms with Crippen molar-refractivity contribution in [2.75, 3.05) is 5.32 Å². The Labute approximate surface area is 137 Å². The number of rotatable bonds is 6. The minimum Gasteiger partial charge on any atom is -0.352 e. The summed E-state index contributed by atoms with van der Waals surface area (Å²) >= 11 is 1.45. The fraction of sp³-hybridized carbons (Fsp3) is 0.188. The van der Waals surface area contributed by atoms with Gasteiger partial charge in [-0.05, 0) is 29.1 Å². The van der Waals surface area contributed by atoms with Gasteiger partial charge in [-0.25, -0.2) is 4.79 Å². The Kier molecular flexibility index (Phi) is 5.72. The van der Waals surface area contributed by atoms with Gasteiger partial charge in [-0.3, -0.25) is 4.79 Å². The molecular weight excluding hydrogens is 312 g/mol. The molecule has 0 spiro atoms. The lowest BCUT2D eigenvalue weighted by Crippen LogP contribution is -2.34. The molecule has 0 aliphatic rings. The average molecular weight is 328 g/mol. The van der Waals surface area contributed by atoms with Crippen LogP contribution >= 0.6 is 11.3 Å². The molecule has 1 unspecified atom stereocenters. The predicted octanol–water partition coefficient (Wildman–Crippen LogP) is 2.55. The molecule has 23 heavy (non-hydrogen) atoms. The minimum atomic E-state index is -0.669. The summed E-state index contributed by atoms with van der Waals surface area (Å²) in [7, 11) is 0. The predicted molar refractivity (Wildman–Crippen MR) is 88.8 cm³/mol. The van der Waals surface area contributed by atoms with E-state index < -0.39 is 12.1 Å². The Morgan fingerprint density at radius 1 is 1.26 bits per heavy atom. The van der Waals surface area contributed by atoms with Gasteiger partial charge >= 0.3 is 6.03 Å². The second-order valence-corrected chi connectivity index (χ2v) is 5.84. The molecule has 7 heteroatoms. The van der Waals surface area contributed by atoms with Gasteiger partial charge in [-0.15, -0.1) is 11.3 Å². The molecule has 0 bridgehead atoms. The number of hydrogen-bond donors (Lipinski definition) is 3.